The topological polar surface area (TPSA) is 69.9 Å². The highest BCUT2D eigenvalue weighted by molar-refractivity contribution is 7.99. The first-order valence-corrected chi connectivity index (χ1v) is 11.4. The number of rotatable bonds is 8. The van der Waals surface area contributed by atoms with Crippen LogP contribution in [0.15, 0.2) is 72.1 Å². The number of carbonyl (C=O) groups is 1. The van der Waals surface area contributed by atoms with Gasteiger partial charge in [0.2, 0.25) is 0 Å². The maximum atomic E-state index is 12.8. The zero-order valence-electron chi connectivity index (χ0n) is 18.3. The van der Waals surface area contributed by atoms with Crippen LogP contribution in [0.25, 0.3) is 17.1 Å². The minimum absolute atomic E-state index is 0.0577. The van der Waals surface area contributed by atoms with Gasteiger partial charge in [0.05, 0.1) is 12.4 Å². The van der Waals surface area contributed by atoms with Crippen molar-refractivity contribution in [2.45, 2.75) is 25.9 Å². The van der Waals surface area contributed by atoms with E-state index in [4.69, 9.17) is 4.74 Å². The summed E-state index contributed by atoms with van der Waals surface area (Å²) in [5.41, 5.74) is 4.72. The first-order chi connectivity index (χ1) is 15.6. The fourth-order valence-electron chi connectivity index (χ4n) is 3.26. The van der Waals surface area contributed by atoms with Crippen molar-refractivity contribution in [1.82, 2.24) is 19.7 Å². The molecule has 0 aliphatic rings. The van der Waals surface area contributed by atoms with Crippen molar-refractivity contribution < 1.29 is 9.53 Å². The molecule has 2 aromatic heterocycles. The summed E-state index contributed by atoms with van der Waals surface area (Å²) in [5.74, 6) is 1.79. The molecule has 0 saturated heterocycles. The molecule has 0 unspecified atom stereocenters. The number of hydrogen-bond acceptors (Lipinski definition) is 6. The molecule has 0 atom stereocenters. The van der Waals surface area contributed by atoms with Crippen LogP contribution in [0.4, 0.5) is 0 Å². The molecule has 0 radical (unpaired) electrons. The van der Waals surface area contributed by atoms with E-state index in [2.05, 4.69) is 15.2 Å². The van der Waals surface area contributed by atoms with Gasteiger partial charge in [0.25, 0.3) is 0 Å². The Kier molecular flexibility index (Phi) is 6.66. The van der Waals surface area contributed by atoms with Gasteiger partial charge in [0, 0.05) is 29.2 Å². The molecule has 4 rings (SSSR count). The highest BCUT2D eigenvalue weighted by Gasteiger charge is 2.18. The number of aryl methyl sites for hydroxylation is 2. The van der Waals surface area contributed by atoms with Crippen LogP contribution in [0.1, 0.15) is 28.4 Å². The van der Waals surface area contributed by atoms with E-state index in [1.807, 2.05) is 79.9 Å². The van der Waals surface area contributed by atoms with Crippen LogP contribution in [0, 0.1) is 13.8 Å². The third-order valence-corrected chi connectivity index (χ3v) is 6.05. The fraction of sp³-hybridized carbons (Fsp3) is 0.200. The van der Waals surface area contributed by atoms with Crippen LogP contribution in [0.5, 0.6) is 5.75 Å². The lowest BCUT2D eigenvalue weighted by Crippen LogP contribution is -2.05. The van der Waals surface area contributed by atoms with Crippen molar-refractivity contribution in [2.75, 3.05) is 12.4 Å². The SMILES string of the molecule is CCOc1ccc(-n2c(SCC(=O)c3ccc(C)c(C)c3)nnc2-c2cccnc2)cc1. The minimum atomic E-state index is 0.0577. The molecule has 0 spiro atoms. The predicted octanol–water partition coefficient (Wildman–Crippen LogP) is 5.32. The van der Waals surface area contributed by atoms with Crippen molar-refractivity contribution in [2.24, 2.45) is 0 Å². The summed E-state index contributed by atoms with van der Waals surface area (Å²) in [6.45, 7) is 6.61. The quantitative estimate of drug-likeness (QED) is 0.271. The average molecular weight is 445 g/mol. The Bertz CT molecular complexity index is 1220. The van der Waals surface area contributed by atoms with E-state index in [0.29, 0.717) is 23.2 Å². The number of Topliss-reactive ketones (excluding diaryl/α,β-unsaturated/α-hetero) is 1. The van der Waals surface area contributed by atoms with Crippen LogP contribution < -0.4 is 4.74 Å². The lowest BCUT2D eigenvalue weighted by molar-refractivity contribution is 0.102. The van der Waals surface area contributed by atoms with E-state index in [-0.39, 0.29) is 11.5 Å². The summed E-state index contributed by atoms with van der Waals surface area (Å²) >= 11 is 1.37. The largest absolute Gasteiger partial charge is 0.494 e. The summed E-state index contributed by atoms with van der Waals surface area (Å²) in [4.78, 5) is 17.0. The number of aromatic nitrogens is 4. The van der Waals surface area contributed by atoms with E-state index < -0.39 is 0 Å². The van der Waals surface area contributed by atoms with Crippen LogP contribution in [-0.4, -0.2) is 37.9 Å². The van der Waals surface area contributed by atoms with Gasteiger partial charge in [-0.3, -0.25) is 14.3 Å². The third kappa shape index (κ3) is 4.73. The standard InChI is InChI=1S/C25H24N4O2S/c1-4-31-22-11-9-21(10-12-22)29-24(20-6-5-13-26-15-20)27-28-25(29)32-16-23(30)19-8-7-17(2)18(3)14-19/h5-15H,4,16H2,1-3H3. The molecule has 32 heavy (non-hydrogen) atoms. The highest BCUT2D eigenvalue weighted by Crippen LogP contribution is 2.29. The Balaban J connectivity index is 1.65. The molecular formula is C25H24N4O2S. The molecule has 4 aromatic rings. The Labute approximate surface area is 191 Å². The number of ether oxygens (including phenoxy) is 1. The van der Waals surface area contributed by atoms with Crippen molar-refractivity contribution in [1.29, 1.82) is 0 Å². The van der Waals surface area contributed by atoms with E-state index >= 15 is 0 Å². The van der Waals surface area contributed by atoms with E-state index in [0.717, 1.165) is 22.6 Å². The van der Waals surface area contributed by atoms with Gasteiger partial charge in [0.15, 0.2) is 16.8 Å². The molecule has 0 fully saturated rings. The molecule has 6 nitrogen and oxygen atoms in total. The first-order valence-electron chi connectivity index (χ1n) is 10.4. The molecule has 2 aromatic carbocycles. The van der Waals surface area contributed by atoms with Crippen molar-refractivity contribution in [3.05, 3.63) is 83.7 Å². The highest BCUT2D eigenvalue weighted by atomic mass is 32.2. The fourth-order valence-corrected chi connectivity index (χ4v) is 4.11. The summed E-state index contributed by atoms with van der Waals surface area (Å²) in [6.07, 6.45) is 3.47. The van der Waals surface area contributed by atoms with Gasteiger partial charge in [-0.15, -0.1) is 10.2 Å². The first kappa shape index (κ1) is 21.8. The second kappa shape index (κ2) is 9.78. The summed E-state index contributed by atoms with van der Waals surface area (Å²) in [6, 6.07) is 17.4. The normalized spacial score (nSPS) is 10.8. The summed E-state index contributed by atoms with van der Waals surface area (Å²) in [5, 5.41) is 9.44. The lowest BCUT2D eigenvalue weighted by Gasteiger charge is -2.11. The van der Waals surface area contributed by atoms with Gasteiger partial charge in [-0.1, -0.05) is 23.9 Å². The monoisotopic (exact) mass is 444 g/mol. The Morgan fingerprint density at radius 2 is 1.84 bits per heavy atom. The third-order valence-electron chi connectivity index (χ3n) is 5.12. The maximum absolute atomic E-state index is 12.8. The molecule has 0 aliphatic heterocycles. The van der Waals surface area contributed by atoms with Crippen LogP contribution in [0.3, 0.4) is 0 Å². The van der Waals surface area contributed by atoms with E-state index in [1.165, 1.54) is 17.3 Å². The summed E-state index contributed by atoms with van der Waals surface area (Å²) < 4.78 is 7.52. The number of ketones is 1. The van der Waals surface area contributed by atoms with Crippen molar-refractivity contribution in [3.8, 4) is 22.8 Å². The van der Waals surface area contributed by atoms with Gasteiger partial charge in [-0.2, -0.15) is 0 Å². The van der Waals surface area contributed by atoms with E-state index in [9.17, 15) is 4.79 Å². The second-order valence-corrected chi connectivity index (χ2v) is 8.26. The van der Waals surface area contributed by atoms with Gasteiger partial charge in [0.1, 0.15) is 5.75 Å². The van der Waals surface area contributed by atoms with Gasteiger partial charge >= 0.3 is 0 Å². The number of pyridine rings is 1. The molecular weight excluding hydrogens is 420 g/mol. The molecule has 0 amide bonds. The van der Waals surface area contributed by atoms with Crippen LogP contribution in [0.2, 0.25) is 0 Å². The molecule has 0 saturated carbocycles. The molecule has 162 valence electrons. The number of thioether (sulfide) groups is 1. The van der Waals surface area contributed by atoms with Gasteiger partial charge < -0.3 is 4.74 Å². The van der Waals surface area contributed by atoms with E-state index in [1.54, 1.807) is 12.4 Å². The molecule has 7 heteroatoms. The van der Waals surface area contributed by atoms with Crippen molar-refractivity contribution in [3.63, 3.8) is 0 Å². The van der Waals surface area contributed by atoms with Crippen LogP contribution >= 0.6 is 11.8 Å². The van der Waals surface area contributed by atoms with Gasteiger partial charge in [-0.05, 0) is 74.4 Å². The van der Waals surface area contributed by atoms with Crippen LogP contribution in [-0.2, 0) is 0 Å². The molecule has 2 heterocycles. The Morgan fingerprint density at radius 1 is 1.03 bits per heavy atom. The molecule has 0 aliphatic carbocycles. The number of benzene rings is 2. The average Bonchev–Trinajstić information content (AvgIpc) is 3.24. The molecule has 0 N–H and O–H groups in total. The smallest absolute Gasteiger partial charge is 0.196 e. The Hall–Kier alpha value is -3.45. The predicted molar refractivity (Wildman–Crippen MR) is 127 cm³/mol. The maximum Gasteiger partial charge on any atom is 0.196 e. The Morgan fingerprint density at radius 3 is 2.53 bits per heavy atom. The number of carbonyl (C=O) groups excluding carboxylic acids is 1. The minimum Gasteiger partial charge on any atom is -0.494 e. The van der Waals surface area contributed by atoms with Gasteiger partial charge in [-0.25, -0.2) is 0 Å². The lowest BCUT2D eigenvalue weighted by atomic mass is 10.0. The van der Waals surface area contributed by atoms with Crippen molar-refractivity contribution >= 4 is 17.5 Å². The number of nitrogens with zero attached hydrogens (tertiary/aromatic N) is 4. The molecule has 0 bridgehead atoms. The second-order valence-electron chi connectivity index (χ2n) is 7.32. The zero-order chi connectivity index (χ0) is 22.5. The summed E-state index contributed by atoms with van der Waals surface area (Å²) in [7, 11) is 0. The number of hydrogen-bond donors (Lipinski definition) is 0. The zero-order valence-corrected chi connectivity index (χ0v) is 19.1.